The molecule has 0 saturated heterocycles. The molecule has 0 aromatic heterocycles. The normalized spacial score (nSPS) is 15.6. The van der Waals surface area contributed by atoms with Gasteiger partial charge in [-0.15, -0.1) is 0 Å². The Kier molecular flexibility index (Phi) is 3.53. The van der Waals surface area contributed by atoms with Crippen molar-refractivity contribution in [2.75, 3.05) is 13.7 Å². The maximum absolute atomic E-state index is 11.5. The van der Waals surface area contributed by atoms with Crippen LogP contribution in [0.5, 0.6) is 0 Å². The lowest BCUT2D eigenvalue weighted by Crippen LogP contribution is -2.28. The van der Waals surface area contributed by atoms with E-state index in [0.717, 1.165) is 11.8 Å². The van der Waals surface area contributed by atoms with Gasteiger partial charge in [-0.1, -0.05) is 11.6 Å². The predicted molar refractivity (Wildman–Crippen MR) is 70.3 cm³/mol. The highest BCUT2D eigenvalue weighted by atomic mass is 35.5. The van der Waals surface area contributed by atoms with E-state index in [1.54, 1.807) is 7.05 Å². The van der Waals surface area contributed by atoms with Gasteiger partial charge in [0.1, 0.15) is 11.7 Å². The molecule has 6 nitrogen and oxygen atoms in total. The van der Waals surface area contributed by atoms with Gasteiger partial charge in [-0.3, -0.25) is 19.9 Å². The summed E-state index contributed by atoms with van der Waals surface area (Å²) in [7, 11) is 1.65. The SMILES string of the molecule is CN1CN=C(c2ccc([N+](=O)[O-])cc2Cl)SC1=O. The van der Waals surface area contributed by atoms with E-state index >= 15 is 0 Å². The standard InChI is InChI=1S/C10H8ClN3O3S/c1-13-5-12-9(18-10(13)15)7-3-2-6(14(16)17)4-8(7)11/h2-4H,5H2,1H3. The van der Waals surface area contributed by atoms with E-state index in [0.29, 0.717) is 10.6 Å². The van der Waals surface area contributed by atoms with E-state index in [1.807, 2.05) is 0 Å². The first-order valence-electron chi connectivity index (χ1n) is 4.91. The Morgan fingerprint density at radius 2 is 2.28 bits per heavy atom. The summed E-state index contributed by atoms with van der Waals surface area (Å²) in [4.78, 5) is 27.2. The summed E-state index contributed by atoms with van der Waals surface area (Å²) >= 11 is 6.93. The number of nitro groups is 1. The van der Waals surface area contributed by atoms with Crippen molar-refractivity contribution < 1.29 is 9.72 Å². The average molecular weight is 286 g/mol. The quantitative estimate of drug-likeness (QED) is 0.618. The molecule has 94 valence electrons. The molecule has 1 aliphatic rings. The van der Waals surface area contributed by atoms with Crippen molar-refractivity contribution in [2.24, 2.45) is 4.99 Å². The number of rotatable bonds is 2. The predicted octanol–water partition coefficient (Wildman–Crippen LogP) is 2.75. The number of hydrogen-bond donors (Lipinski definition) is 0. The lowest BCUT2D eigenvalue weighted by atomic mass is 10.2. The highest BCUT2D eigenvalue weighted by Gasteiger charge is 2.22. The second-order valence-electron chi connectivity index (χ2n) is 3.59. The van der Waals surface area contributed by atoms with E-state index in [2.05, 4.69) is 4.99 Å². The van der Waals surface area contributed by atoms with Crippen LogP contribution in [0.4, 0.5) is 10.5 Å². The molecule has 0 N–H and O–H groups in total. The van der Waals surface area contributed by atoms with Crippen LogP contribution in [0, 0.1) is 10.1 Å². The van der Waals surface area contributed by atoms with Crippen LogP contribution in [-0.4, -0.2) is 33.8 Å². The number of nitro benzene ring substituents is 1. The zero-order valence-corrected chi connectivity index (χ0v) is 10.9. The van der Waals surface area contributed by atoms with Crippen LogP contribution in [-0.2, 0) is 0 Å². The van der Waals surface area contributed by atoms with E-state index in [1.165, 1.54) is 23.1 Å². The van der Waals surface area contributed by atoms with Crippen LogP contribution < -0.4 is 0 Å². The fraction of sp³-hybridized carbons (Fsp3) is 0.200. The molecule has 18 heavy (non-hydrogen) atoms. The van der Waals surface area contributed by atoms with Crippen LogP contribution in [0.25, 0.3) is 0 Å². The van der Waals surface area contributed by atoms with Gasteiger partial charge in [-0.2, -0.15) is 0 Å². The van der Waals surface area contributed by atoms with Gasteiger partial charge in [0, 0.05) is 24.7 Å². The molecule has 1 heterocycles. The number of non-ortho nitro benzene ring substituents is 1. The molecule has 8 heteroatoms. The number of amides is 1. The number of benzene rings is 1. The molecule has 0 atom stereocenters. The van der Waals surface area contributed by atoms with E-state index in [4.69, 9.17) is 11.6 Å². The van der Waals surface area contributed by atoms with Crippen molar-refractivity contribution in [3.05, 3.63) is 38.9 Å². The van der Waals surface area contributed by atoms with E-state index in [-0.39, 0.29) is 22.6 Å². The van der Waals surface area contributed by atoms with Crippen molar-refractivity contribution in [2.45, 2.75) is 0 Å². The van der Waals surface area contributed by atoms with E-state index < -0.39 is 4.92 Å². The number of carbonyl (C=O) groups is 1. The number of thioether (sulfide) groups is 1. The first kappa shape index (κ1) is 12.8. The molecule has 1 aromatic rings. The third-order valence-corrected chi connectivity index (χ3v) is 3.66. The largest absolute Gasteiger partial charge is 0.317 e. The summed E-state index contributed by atoms with van der Waals surface area (Å²) in [5.74, 6) is 0. The second kappa shape index (κ2) is 4.95. The van der Waals surface area contributed by atoms with Crippen molar-refractivity contribution >= 4 is 39.3 Å². The molecule has 0 bridgehead atoms. The lowest BCUT2D eigenvalue weighted by molar-refractivity contribution is -0.384. The summed E-state index contributed by atoms with van der Waals surface area (Å²) in [6.45, 7) is 0.258. The minimum Gasteiger partial charge on any atom is -0.317 e. The van der Waals surface area contributed by atoms with Crippen molar-refractivity contribution in [3.8, 4) is 0 Å². The summed E-state index contributed by atoms with van der Waals surface area (Å²) < 4.78 is 0. The highest BCUT2D eigenvalue weighted by Crippen LogP contribution is 2.29. The van der Waals surface area contributed by atoms with Crippen molar-refractivity contribution in [1.82, 2.24) is 4.90 Å². The Hall–Kier alpha value is -1.60. The molecule has 1 amide bonds. The molecule has 0 aliphatic carbocycles. The van der Waals surface area contributed by atoms with Crippen LogP contribution in [0.15, 0.2) is 23.2 Å². The molecule has 0 fully saturated rings. The summed E-state index contributed by atoms with van der Waals surface area (Å²) in [5, 5.41) is 11.2. The number of carbonyl (C=O) groups excluding carboxylic acids is 1. The van der Waals surface area contributed by atoms with Crippen LogP contribution >= 0.6 is 23.4 Å². The van der Waals surface area contributed by atoms with Gasteiger partial charge < -0.3 is 4.90 Å². The monoisotopic (exact) mass is 285 g/mol. The smallest absolute Gasteiger partial charge is 0.289 e. The maximum atomic E-state index is 11.5. The van der Waals surface area contributed by atoms with Gasteiger partial charge in [0.15, 0.2) is 0 Å². The zero-order valence-electron chi connectivity index (χ0n) is 9.29. The maximum Gasteiger partial charge on any atom is 0.289 e. The fourth-order valence-electron chi connectivity index (χ4n) is 1.35. The minimum absolute atomic E-state index is 0.0893. The third kappa shape index (κ3) is 2.46. The number of hydrogen-bond acceptors (Lipinski definition) is 5. The van der Waals surface area contributed by atoms with Gasteiger partial charge in [0.2, 0.25) is 0 Å². The minimum atomic E-state index is -0.523. The molecule has 2 rings (SSSR count). The Morgan fingerprint density at radius 1 is 1.56 bits per heavy atom. The first-order chi connectivity index (χ1) is 8.49. The lowest BCUT2D eigenvalue weighted by Gasteiger charge is -2.20. The first-order valence-corrected chi connectivity index (χ1v) is 6.10. The number of nitrogens with zero attached hydrogens (tertiary/aromatic N) is 3. The van der Waals surface area contributed by atoms with Gasteiger partial charge in [0.05, 0.1) is 9.95 Å². The zero-order chi connectivity index (χ0) is 13.3. The molecule has 0 saturated carbocycles. The van der Waals surface area contributed by atoms with Crippen LogP contribution in [0.3, 0.4) is 0 Å². The number of halogens is 1. The van der Waals surface area contributed by atoms with Gasteiger partial charge in [0.25, 0.3) is 10.9 Å². The topological polar surface area (TPSA) is 75.8 Å². The Bertz CT molecular complexity index is 561. The highest BCUT2D eigenvalue weighted by molar-refractivity contribution is 8.26. The van der Waals surface area contributed by atoms with Crippen LogP contribution in [0.2, 0.25) is 5.02 Å². The summed E-state index contributed by atoms with van der Waals surface area (Å²) in [6, 6.07) is 4.10. The van der Waals surface area contributed by atoms with Crippen LogP contribution in [0.1, 0.15) is 5.56 Å². The Labute approximate surface area is 112 Å². The van der Waals surface area contributed by atoms with Crippen molar-refractivity contribution in [3.63, 3.8) is 0 Å². The Balaban J connectivity index is 2.35. The molecular weight excluding hydrogens is 278 g/mol. The summed E-state index contributed by atoms with van der Waals surface area (Å²) in [6.07, 6.45) is 0. The van der Waals surface area contributed by atoms with E-state index in [9.17, 15) is 14.9 Å². The fourth-order valence-corrected chi connectivity index (χ4v) is 2.46. The summed E-state index contributed by atoms with van der Waals surface area (Å²) in [5.41, 5.74) is 0.447. The number of aliphatic imine (C=N–C) groups is 1. The molecule has 1 aromatic carbocycles. The molecule has 0 radical (unpaired) electrons. The molecule has 0 spiro atoms. The van der Waals surface area contributed by atoms with Crippen molar-refractivity contribution in [1.29, 1.82) is 0 Å². The van der Waals surface area contributed by atoms with Gasteiger partial charge in [-0.05, 0) is 17.8 Å². The molecule has 1 aliphatic heterocycles. The third-order valence-electron chi connectivity index (χ3n) is 2.32. The average Bonchev–Trinajstić information content (AvgIpc) is 2.32. The Morgan fingerprint density at radius 3 is 2.83 bits per heavy atom. The van der Waals surface area contributed by atoms with Gasteiger partial charge in [-0.25, -0.2) is 0 Å². The molecular formula is C10H8ClN3O3S. The molecule has 0 unspecified atom stereocenters. The second-order valence-corrected chi connectivity index (χ2v) is 4.94. The van der Waals surface area contributed by atoms with Gasteiger partial charge >= 0.3 is 0 Å².